The van der Waals surface area contributed by atoms with Crippen molar-refractivity contribution in [2.75, 3.05) is 13.7 Å². The van der Waals surface area contributed by atoms with E-state index in [1.54, 1.807) is 7.11 Å². The summed E-state index contributed by atoms with van der Waals surface area (Å²) >= 11 is 0. The molecule has 3 aromatic rings. The van der Waals surface area contributed by atoms with Crippen LogP contribution in [-0.4, -0.2) is 13.7 Å². The molecule has 0 radical (unpaired) electrons. The van der Waals surface area contributed by atoms with E-state index in [1.807, 2.05) is 0 Å². The lowest BCUT2D eigenvalue weighted by atomic mass is 9.86. The van der Waals surface area contributed by atoms with Crippen LogP contribution in [0.2, 0.25) is 0 Å². The summed E-state index contributed by atoms with van der Waals surface area (Å²) in [5.74, 6) is 0.303. The van der Waals surface area contributed by atoms with Gasteiger partial charge in [0.25, 0.3) is 0 Å². The van der Waals surface area contributed by atoms with Crippen LogP contribution in [0.4, 0.5) is 0 Å². The van der Waals surface area contributed by atoms with Gasteiger partial charge in [-0.1, -0.05) is 84.4 Å². The first kappa shape index (κ1) is 16.8. The molecular weight excluding hydrogens is 316 g/mol. The molecule has 0 N–H and O–H groups in total. The zero-order chi connectivity index (χ0) is 17.9. The Morgan fingerprint density at radius 1 is 0.808 bits per heavy atom. The Bertz CT molecular complexity index is 920. The SMILES string of the molecule is COCCC1=C(c2ccccc2)c2ccccc2C1c1ccc(C)cc1. The van der Waals surface area contributed by atoms with Gasteiger partial charge < -0.3 is 4.74 Å². The summed E-state index contributed by atoms with van der Waals surface area (Å²) in [6, 6.07) is 28.6. The van der Waals surface area contributed by atoms with Gasteiger partial charge in [-0.15, -0.1) is 0 Å². The molecule has 1 unspecified atom stereocenters. The highest BCUT2D eigenvalue weighted by Crippen LogP contribution is 2.49. The van der Waals surface area contributed by atoms with Crippen LogP contribution in [0.1, 0.15) is 40.2 Å². The molecule has 0 spiro atoms. The van der Waals surface area contributed by atoms with E-state index >= 15 is 0 Å². The van der Waals surface area contributed by atoms with Crippen molar-refractivity contribution >= 4 is 5.57 Å². The van der Waals surface area contributed by atoms with E-state index in [0.29, 0.717) is 5.92 Å². The Morgan fingerprint density at radius 3 is 2.23 bits per heavy atom. The van der Waals surface area contributed by atoms with E-state index in [0.717, 1.165) is 13.0 Å². The molecular formula is C25H24O. The van der Waals surface area contributed by atoms with Crippen molar-refractivity contribution in [3.8, 4) is 0 Å². The predicted octanol–water partition coefficient (Wildman–Crippen LogP) is 5.98. The van der Waals surface area contributed by atoms with Crippen molar-refractivity contribution in [1.82, 2.24) is 0 Å². The molecule has 0 aliphatic heterocycles. The Balaban J connectivity index is 1.93. The van der Waals surface area contributed by atoms with Crippen LogP contribution >= 0.6 is 0 Å². The summed E-state index contributed by atoms with van der Waals surface area (Å²) in [7, 11) is 1.78. The van der Waals surface area contributed by atoms with Gasteiger partial charge >= 0.3 is 0 Å². The van der Waals surface area contributed by atoms with Crippen molar-refractivity contribution in [3.63, 3.8) is 0 Å². The second-order valence-electron chi connectivity index (χ2n) is 6.94. The Labute approximate surface area is 156 Å². The Kier molecular flexibility index (Phi) is 4.73. The highest BCUT2D eigenvalue weighted by Gasteiger charge is 2.32. The number of aryl methyl sites for hydroxylation is 1. The van der Waals surface area contributed by atoms with E-state index in [9.17, 15) is 0 Å². The minimum Gasteiger partial charge on any atom is -0.384 e. The summed E-state index contributed by atoms with van der Waals surface area (Å²) in [6.45, 7) is 2.88. The quantitative estimate of drug-likeness (QED) is 0.555. The maximum absolute atomic E-state index is 5.46. The van der Waals surface area contributed by atoms with Crippen LogP contribution in [-0.2, 0) is 4.74 Å². The Hall–Kier alpha value is -2.64. The molecule has 1 nitrogen and oxygen atoms in total. The van der Waals surface area contributed by atoms with Gasteiger partial charge in [0.05, 0.1) is 0 Å². The number of fused-ring (bicyclic) bond motifs is 1. The summed E-state index contributed by atoms with van der Waals surface area (Å²) in [6.07, 6.45) is 0.938. The lowest BCUT2D eigenvalue weighted by Crippen LogP contribution is -2.04. The fraction of sp³-hybridized carbons (Fsp3) is 0.200. The maximum atomic E-state index is 5.46. The molecule has 0 heterocycles. The highest BCUT2D eigenvalue weighted by atomic mass is 16.5. The van der Waals surface area contributed by atoms with Crippen LogP contribution in [0.15, 0.2) is 84.4 Å². The average Bonchev–Trinajstić information content (AvgIpc) is 3.02. The highest BCUT2D eigenvalue weighted by molar-refractivity contribution is 5.89. The number of hydrogen-bond donors (Lipinski definition) is 0. The van der Waals surface area contributed by atoms with E-state index < -0.39 is 0 Å². The minimum absolute atomic E-state index is 0.303. The van der Waals surface area contributed by atoms with Crippen molar-refractivity contribution in [3.05, 3.63) is 112 Å². The van der Waals surface area contributed by atoms with E-state index in [4.69, 9.17) is 4.74 Å². The third-order valence-electron chi connectivity index (χ3n) is 5.26. The van der Waals surface area contributed by atoms with Gasteiger partial charge in [-0.3, -0.25) is 0 Å². The van der Waals surface area contributed by atoms with Gasteiger partial charge in [0.15, 0.2) is 0 Å². The van der Waals surface area contributed by atoms with Gasteiger partial charge in [0, 0.05) is 19.6 Å². The van der Waals surface area contributed by atoms with Gasteiger partial charge in [0.1, 0.15) is 0 Å². The van der Waals surface area contributed by atoms with Gasteiger partial charge in [0.2, 0.25) is 0 Å². The van der Waals surface area contributed by atoms with Gasteiger partial charge in [-0.05, 0) is 46.7 Å². The zero-order valence-corrected chi connectivity index (χ0v) is 15.4. The fourth-order valence-electron chi connectivity index (χ4n) is 4.05. The summed E-state index contributed by atoms with van der Waals surface area (Å²) < 4.78 is 5.46. The molecule has 130 valence electrons. The van der Waals surface area contributed by atoms with E-state index in [2.05, 4.69) is 85.8 Å². The Morgan fingerprint density at radius 2 is 1.50 bits per heavy atom. The topological polar surface area (TPSA) is 9.23 Å². The number of hydrogen-bond acceptors (Lipinski definition) is 1. The first-order chi connectivity index (χ1) is 12.8. The second-order valence-corrected chi connectivity index (χ2v) is 6.94. The lowest BCUT2D eigenvalue weighted by Gasteiger charge is -2.18. The van der Waals surface area contributed by atoms with Crippen molar-refractivity contribution in [2.45, 2.75) is 19.3 Å². The number of rotatable bonds is 5. The third kappa shape index (κ3) is 3.00. The van der Waals surface area contributed by atoms with Gasteiger partial charge in [-0.25, -0.2) is 0 Å². The fourth-order valence-corrected chi connectivity index (χ4v) is 4.05. The molecule has 1 aliphatic rings. The van der Waals surface area contributed by atoms with Gasteiger partial charge in [-0.2, -0.15) is 0 Å². The largest absolute Gasteiger partial charge is 0.384 e. The first-order valence-corrected chi connectivity index (χ1v) is 9.23. The molecule has 26 heavy (non-hydrogen) atoms. The smallest absolute Gasteiger partial charge is 0.0500 e. The van der Waals surface area contributed by atoms with E-state index in [1.165, 1.54) is 39.0 Å². The van der Waals surface area contributed by atoms with Crippen LogP contribution in [0.3, 0.4) is 0 Å². The molecule has 0 fully saturated rings. The van der Waals surface area contributed by atoms with Crippen LogP contribution in [0.5, 0.6) is 0 Å². The maximum Gasteiger partial charge on any atom is 0.0500 e. The second kappa shape index (κ2) is 7.31. The van der Waals surface area contributed by atoms with Crippen LogP contribution in [0, 0.1) is 6.92 Å². The predicted molar refractivity (Wildman–Crippen MR) is 108 cm³/mol. The van der Waals surface area contributed by atoms with Crippen molar-refractivity contribution < 1.29 is 4.74 Å². The molecule has 0 saturated carbocycles. The summed E-state index contributed by atoms with van der Waals surface area (Å²) in [5, 5.41) is 0. The molecule has 3 aromatic carbocycles. The summed E-state index contributed by atoms with van der Waals surface area (Å²) in [5.41, 5.74) is 9.55. The molecule has 1 aliphatic carbocycles. The molecule has 0 aromatic heterocycles. The summed E-state index contributed by atoms with van der Waals surface area (Å²) in [4.78, 5) is 0. The molecule has 0 saturated heterocycles. The first-order valence-electron chi connectivity index (χ1n) is 9.23. The zero-order valence-electron chi connectivity index (χ0n) is 15.4. The van der Waals surface area contributed by atoms with Crippen LogP contribution < -0.4 is 0 Å². The molecule has 4 rings (SSSR count). The number of benzene rings is 3. The normalized spacial score (nSPS) is 16.0. The van der Waals surface area contributed by atoms with Crippen molar-refractivity contribution in [2.24, 2.45) is 0 Å². The minimum atomic E-state index is 0.303. The molecule has 1 heteroatoms. The molecule has 0 bridgehead atoms. The lowest BCUT2D eigenvalue weighted by molar-refractivity contribution is 0.201. The number of methoxy groups -OCH3 is 1. The van der Waals surface area contributed by atoms with Crippen molar-refractivity contribution in [1.29, 1.82) is 0 Å². The number of ether oxygens (including phenoxy) is 1. The monoisotopic (exact) mass is 340 g/mol. The van der Waals surface area contributed by atoms with Crippen LogP contribution in [0.25, 0.3) is 5.57 Å². The standard InChI is InChI=1S/C25H24O/c1-18-12-14-20(15-13-18)25-22-11-7-6-10-21(22)24(23(25)16-17-26-2)19-8-4-3-5-9-19/h3-15,25H,16-17H2,1-2H3. The third-order valence-corrected chi connectivity index (χ3v) is 5.26. The molecule has 1 atom stereocenters. The molecule has 0 amide bonds. The average molecular weight is 340 g/mol. The van der Waals surface area contributed by atoms with E-state index in [-0.39, 0.29) is 0 Å².